The van der Waals surface area contributed by atoms with Gasteiger partial charge in [0.25, 0.3) is 5.91 Å². The average molecular weight is 417 g/mol. The summed E-state index contributed by atoms with van der Waals surface area (Å²) < 4.78 is 5.41. The summed E-state index contributed by atoms with van der Waals surface area (Å²) >= 11 is 1.61. The van der Waals surface area contributed by atoms with E-state index in [1.807, 2.05) is 31.1 Å². The van der Waals surface area contributed by atoms with Gasteiger partial charge in [-0.1, -0.05) is 13.8 Å². The van der Waals surface area contributed by atoms with E-state index in [2.05, 4.69) is 15.2 Å². The molecule has 1 aromatic carbocycles. The van der Waals surface area contributed by atoms with Crippen LogP contribution in [0, 0.1) is 5.92 Å². The first kappa shape index (κ1) is 21.1. The van der Waals surface area contributed by atoms with E-state index in [0.717, 1.165) is 24.0 Å². The van der Waals surface area contributed by atoms with Crippen molar-refractivity contribution in [2.45, 2.75) is 26.8 Å². The molecule has 1 unspecified atom stereocenters. The van der Waals surface area contributed by atoms with Crippen LogP contribution in [0.5, 0.6) is 5.75 Å². The van der Waals surface area contributed by atoms with Crippen molar-refractivity contribution >= 4 is 28.3 Å². The molecule has 2 aromatic rings. The summed E-state index contributed by atoms with van der Waals surface area (Å²) in [5.74, 6) is 0.435. The second-order valence-corrected chi connectivity index (χ2v) is 8.15. The number of benzene rings is 1. The van der Waals surface area contributed by atoms with E-state index in [4.69, 9.17) is 4.74 Å². The largest absolute Gasteiger partial charge is 0.494 e. The number of thiazole rings is 1. The Morgan fingerprint density at radius 2 is 1.86 bits per heavy atom. The molecule has 0 spiro atoms. The molecule has 3 rings (SSSR count). The van der Waals surface area contributed by atoms with Gasteiger partial charge in [-0.25, -0.2) is 4.98 Å². The molecule has 1 aliphatic rings. The molecular formula is C21H28N4O3S. The second-order valence-electron chi connectivity index (χ2n) is 7.28. The van der Waals surface area contributed by atoms with Crippen molar-refractivity contribution in [1.82, 2.24) is 15.2 Å². The van der Waals surface area contributed by atoms with Crippen molar-refractivity contribution < 1.29 is 14.3 Å². The summed E-state index contributed by atoms with van der Waals surface area (Å²) in [5, 5.41) is 5.87. The maximum atomic E-state index is 13.1. The van der Waals surface area contributed by atoms with Crippen molar-refractivity contribution in [3.05, 3.63) is 41.4 Å². The fraction of sp³-hybridized carbons (Fsp3) is 0.476. The number of nitrogens with zero attached hydrogens (tertiary/aromatic N) is 3. The molecule has 1 N–H and O–H groups in total. The van der Waals surface area contributed by atoms with Crippen LogP contribution in [0.15, 0.2) is 35.8 Å². The van der Waals surface area contributed by atoms with Gasteiger partial charge in [-0.2, -0.15) is 0 Å². The predicted octanol–water partition coefficient (Wildman–Crippen LogP) is 2.65. The van der Waals surface area contributed by atoms with E-state index in [1.54, 1.807) is 41.8 Å². The van der Waals surface area contributed by atoms with E-state index in [9.17, 15) is 9.59 Å². The molecule has 156 valence electrons. The summed E-state index contributed by atoms with van der Waals surface area (Å²) in [6, 6.07) is 6.41. The normalized spacial score (nSPS) is 15.3. The van der Waals surface area contributed by atoms with Gasteiger partial charge in [0.05, 0.1) is 6.61 Å². The van der Waals surface area contributed by atoms with Crippen LogP contribution in [-0.4, -0.2) is 60.5 Å². The summed E-state index contributed by atoms with van der Waals surface area (Å²) in [7, 11) is 0. The van der Waals surface area contributed by atoms with Crippen LogP contribution in [0.4, 0.5) is 5.13 Å². The first-order valence-corrected chi connectivity index (χ1v) is 10.8. The van der Waals surface area contributed by atoms with E-state index in [1.165, 1.54) is 0 Å². The Labute approximate surface area is 175 Å². The van der Waals surface area contributed by atoms with Crippen molar-refractivity contribution in [2.75, 3.05) is 37.7 Å². The van der Waals surface area contributed by atoms with Gasteiger partial charge in [-0.05, 0) is 37.1 Å². The molecule has 2 heterocycles. The lowest BCUT2D eigenvalue weighted by molar-refractivity contribution is -0.134. The number of nitrogens with one attached hydrogen (secondary N) is 1. The summed E-state index contributed by atoms with van der Waals surface area (Å²) in [4.78, 5) is 34.2. The van der Waals surface area contributed by atoms with Crippen LogP contribution in [-0.2, 0) is 4.79 Å². The molecule has 0 saturated carbocycles. The summed E-state index contributed by atoms with van der Waals surface area (Å²) in [6.07, 6.45) is 1.79. The van der Waals surface area contributed by atoms with Crippen molar-refractivity contribution in [3.8, 4) is 5.75 Å². The minimum Gasteiger partial charge on any atom is -0.494 e. The smallest absolute Gasteiger partial charge is 0.251 e. The summed E-state index contributed by atoms with van der Waals surface area (Å²) in [6.45, 7) is 9.14. The Morgan fingerprint density at radius 1 is 1.17 bits per heavy atom. The zero-order chi connectivity index (χ0) is 20.8. The number of amides is 2. The highest BCUT2D eigenvalue weighted by Crippen LogP contribution is 2.20. The highest BCUT2D eigenvalue weighted by atomic mass is 32.1. The molecule has 1 aromatic heterocycles. The van der Waals surface area contributed by atoms with Gasteiger partial charge in [0, 0.05) is 43.3 Å². The molecule has 1 aliphatic heterocycles. The predicted molar refractivity (Wildman–Crippen MR) is 115 cm³/mol. The van der Waals surface area contributed by atoms with Gasteiger partial charge in [0.15, 0.2) is 5.13 Å². The average Bonchev–Trinajstić information content (AvgIpc) is 3.27. The molecule has 7 nitrogen and oxygen atoms in total. The first-order chi connectivity index (χ1) is 14.0. The molecule has 29 heavy (non-hydrogen) atoms. The SMILES string of the molecule is CCOc1ccc(C(=O)NC(C(=O)N2CCN(c3nccs3)CC2)C(C)C)cc1. The number of ether oxygens (including phenoxy) is 1. The number of carbonyl (C=O) groups excluding carboxylic acids is 2. The molecule has 1 fully saturated rings. The van der Waals surface area contributed by atoms with Gasteiger partial charge >= 0.3 is 0 Å². The number of anilines is 1. The fourth-order valence-corrected chi connectivity index (χ4v) is 3.99. The van der Waals surface area contributed by atoms with E-state index in [-0.39, 0.29) is 17.7 Å². The molecule has 0 aliphatic carbocycles. The van der Waals surface area contributed by atoms with Crippen LogP contribution in [0.3, 0.4) is 0 Å². The van der Waals surface area contributed by atoms with Crippen molar-refractivity contribution in [1.29, 1.82) is 0 Å². The molecular weight excluding hydrogens is 388 g/mol. The van der Waals surface area contributed by atoms with Gasteiger partial charge < -0.3 is 19.9 Å². The van der Waals surface area contributed by atoms with Crippen LogP contribution >= 0.6 is 11.3 Å². The lowest BCUT2D eigenvalue weighted by atomic mass is 10.0. The quantitative estimate of drug-likeness (QED) is 0.751. The molecule has 0 radical (unpaired) electrons. The minimum absolute atomic E-state index is 0.00820. The maximum Gasteiger partial charge on any atom is 0.251 e. The molecule has 8 heteroatoms. The zero-order valence-corrected chi connectivity index (χ0v) is 17.9. The molecule has 0 bridgehead atoms. The third-order valence-electron chi connectivity index (χ3n) is 4.93. The second kappa shape index (κ2) is 9.73. The Kier molecular flexibility index (Phi) is 7.09. The molecule has 1 atom stereocenters. The molecule has 2 amide bonds. The van der Waals surface area contributed by atoms with Gasteiger partial charge in [-0.15, -0.1) is 11.3 Å². The minimum atomic E-state index is -0.555. The maximum absolute atomic E-state index is 13.1. The third kappa shape index (κ3) is 5.26. The van der Waals surface area contributed by atoms with Gasteiger partial charge in [0.1, 0.15) is 11.8 Å². The van der Waals surface area contributed by atoms with Gasteiger partial charge in [-0.3, -0.25) is 9.59 Å². The number of rotatable bonds is 7. The lowest BCUT2D eigenvalue weighted by Crippen LogP contribution is -2.56. The van der Waals surface area contributed by atoms with E-state index in [0.29, 0.717) is 25.3 Å². The number of hydrogen-bond acceptors (Lipinski definition) is 6. The highest BCUT2D eigenvalue weighted by molar-refractivity contribution is 7.13. The highest BCUT2D eigenvalue weighted by Gasteiger charge is 2.31. The van der Waals surface area contributed by atoms with Crippen LogP contribution < -0.4 is 15.0 Å². The lowest BCUT2D eigenvalue weighted by Gasteiger charge is -2.37. The summed E-state index contributed by atoms with van der Waals surface area (Å²) in [5.41, 5.74) is 0.514. The van der Waals surface area contributed by atoms with Crippen LogP contribution in [0.1, 0.15) is 31.1 Å². The van der Waals surface area contributed by atoms with Gasteiger partial charge in [0.2, 0.25) is 5.91 Å². The number of hydrogen-bond donors (Lipinski definition) is 1. The first-order valence-electron chi connectivity index (χ1n) is 9.96. The van der Waals surface area contributed by atoms with Crippen molar-refractivity contribution in [3.63, 3.8) is 0 Å². The van der Waals surface area contributed by atoms with E-state index < -0.39 is 6.04 Å². The Bertz CT molecular complexity index is 800. The standard InChI is InChI=1S/C21H28N4O3S/c1-4-28-17-7-5-16(6-8-17)19(26)23-18(15(2)3)20(27)24-10-12-25(13-11-24)21-22-9-14-29-21/h5-9,14-15,18H,4,10-13H2,1-3H3,(H,23,26). The number of aromatic nitrogens is 1. The van der Waals surface area contributed by atoms with E-state index >= 15 is 0 Å². The topological polar surface area (TPSA) is 74.8 Å². The number of piperazine rings is 1. The monoisotopic (exact) mass is 416 g/mol. The molecule has 1 saturated heterocycles. The van der Waals surface area contributed by atoms with Crippen molar-refractivity contribution in [2.24, 2.45) is 5.92 Å². The Morgan fingerprint density at radius 3 is 2.41 bits per heavy atom. The Balaban J connectivity index is 1.60. The zero-order valence-electron chi connectivity index (χ0n) is 17.1. The third-order valence-corrected chi connectivity index (χ3v) is 5.76. The fourth-order valence-electron chi connectivity index (χ4n) is 3.29. The van der Waals surface area contributed by atoms with Crippen LogP contribution in [0.25, 0.3) is 0 Å². The number of carbonyl (C=O) groups is 2. The Hall–Kier alpha value is -2.61. The van der Waals surface area contributed by atoms with Crippen LogP contribution in [0.2, 0.25) is 0 Å².